The minimum Gasteiger partial charge on any atom is -0.496 e. The van der Waals surface area contributed by atoms with E-state index in [0.717, 1.165) is 19.4 Å². The SMILES string of the molecule is Nn1[nH]c(Cl)c[s+](C2=COCCC2)[nH]1. The molecule has 0 amide bonds. The van der Waals surface area contributed by atoms with E-state index in [2.05, 4.69) is 9.59 Å². The minimum absolute atomic E-state index is 0.261. The Kier molecular flexibility index (Phi) is 2.74. The van der Waals surface area contributed by atoms with Gasteiger partial charge in [-0.25, -0.2) is 5.10 Å². The molecule has 1 atom stereocenters. The summed E-state index contributed by atoms with van der Waals surface area (Å²) in [5.41, 5.74) is 0. The van der Waals surface area contributed by atoms with Gasteiger partial charge in [0, 0.05) is 6.42 Å². The third-order valence-electron chi connectivity index (χ3n) is 1.83. The molecule has 1 aromatic heterocycles. The second-order valence-corrected chi connectivity index (χ2v) is 4.96. The molecular formula is C7H12ClN4OS+. The first-order chi connectivity index (χ1) is 6.75. The third kappa shape index (κ3) is 2.08. The van der Waals surface area contributed by atoms with Crippen LogP contribution in [0.3, 0.4) is 0 Å². The summed E-state index contributed by atoms with van der Waals surface area (Å²) in [6.07, 6.45) is 3.85. The van der Waals surface area contributed by atoms with E-state index in [1.54, 1.807) is 6.26 Å². The van der Waals surface area contributed by atoms with E-state index >= 15 is 0 Å². The van der Waals surface area contributed by atoms with Crippen LogP contribution in [0.2, 0.25) is 5.15 Å². The Hall–Kier alpha value is -1.01. The lowest BCUT2D eigenvalue weighted by molar-refractivity contribution is 0.236. The second kappa shape index (κ2) is 4.02. The van der Waals surface area contributed by atoms with Crippen LogP contribution in [0.15, 0.2) is 11.6 Å². The van der Waals surface area contributed by atoms with Gasteiger partial charge in [-0.2, -0.15) is 0 Å². The van der Waals surface area contributed by atoms with Crippen molar-refractivity contribution in [1.29, 1.82) is 0 Å². The lowest BCUT2D eigenvalue weighted by atomic mass is 10.3. The highest BCUT2D eigenvalue weighted by Gasteiger charge is 2.17. The molecule has 0 bridgehead atoms. The molecule has 0 spiro atoms. The van der Waals surface area contributed by atoms with Crippen molar-refractivity contribution < 1.29 is 4.74 Å². The van der Waals surface area contributed by atoms with E-state index < -0.39 is 0 Å². The van der Waals surface area contributed by atoms with Crippen molar-refractivity contribution >= 4 is 27.2 Å². The average Bonchev–Trinajstić information content (AvgIpc) is 2.18. The monoisotopic (exact) mass is 235 g/mol. The van der Waals surface area contributed by atoms with E-state index in [1.807, 2.05) is 5.38 Å². The first-order valence-electron chi connectivity index (χ1n) is 4.24. The molecule has 4 N–H and O–H groups in total. The number of nitrogen functional groups attached to an aromatic ring is 1. The highest BCUT2D eigenvalue weighted by molar-refractivity contribution is 7.37. The van der Waals surface area contributed by atoms with Crippen LogP contribution < -0.4 is 5.84 Å². The Balaban J connectivity index is 2.35. The lowest BCUT2D eigenvalue weighted by Gasteiger charge is -2.08. The normalized spacial score (nSPS) is 17.2. The highest BCUT2D eigenvalue weighted by Crippen LogP contribution is 2.32. The molecule has 2 rings (SSSR count). The molecule has 1 aliphatic rings. The zero-order valence-electron chi connectivity index (χ0n) is 7.50. The number of nitrogens with zero attached hydrogens (tertiary/aromatic N) is 1. The molecule has 7 heteroatoms. The number of halogens is 1. The lowest BCUT2D eigenvalue weighted by Crippen LogP contribution is -2.16. The maximum absolute atomic E-state index is 5.85. The molecule has 2 heterocycles. The number of allylic oxidation sites excluding steroid dienone is 1. The van der Waals surface area contributed by atoms with E-state index in [1.165, 1.54) is 9.81 Å². The molecule has 14 heavy (non-hydrogen) atoms. The van der Waals surface area contributed by atoms with Gasteiger partial charge in [0.2, 0.25) is 10.3 Å². The van der Waals surface area contributed by atoms with Crippen molar-refractivity contribution in [1.82, 2.24) is 14.5 Å². The maximum atomic E-state index is 5.85. The van der Waals surface area contributed by atoms with Gasteiger partial charge < -0.3 is 10.6 Å². The maximum Gasteiger partial charge on any atom is 0.213 e. The zero-order valence-corrected chi connectivity index (χ0v) is 9.07. The van der Waals surface area contributed by atoms with E-state index in [0.29, 0.717) is 5.15 Å². The number of aromatic nitrogens is 3. The number of rotatable bonds is 1. The number of hydrogen-bond donors (Lipinski definition) is 3. The van der Waals surface area contributed by atoms with Gasteiger partial charge in [-0.1, -0.05) is 21.0 Å². The minimum atomic E-state index is -0.261. The Morgan fingerprint density at radius 3 is 3.14 bits per heavy atom. The van der Waals surface area contributed by atoms with Crippen molar-refractivity contribution in [3.05, 3.63) is 16.8 Å². The van der Waals surface area contributed by atoms with Crippen molar-refractivity contribution in [3.63, 3.8) is 0 Å². The van der Waals surface area contributed by atoms with Gasteiger partial charge in [-0.3, -0.25) is 0 Å². The molecule has 1 aromatic rings. The molecule has 0 aliphatic carbocycles. The second-order valence-electron chi connectivity index (χ2n) is 2.94. The number of ether oxygens (including phenoxy) is 1. The Bertz CT molecular complexity index is 364. The molecule has 78 valence electrons. The standard InChI is InChI=1S/C7H12ClN4OS/c8-7-5-14(11-12(9)10-7)6-2-1-3-13-4-6/h4-5,10-11H,1-3,9H2/q+1. The topological polar surface area (TPSA) is 71.8 Å². The largest absolute Gasteiger partial charge is 0.496 e. The number of hydrogen-bond acceptors (Lipinski definition) is 2. The highest BCUT2D eigenvalue weighted by atomic mass is 35.5. The summed E-state index contributed by atoms with van der Waals surface area (Å²) in [5.74, 6) is 5.55. The molecule has 0 saturated heterocycles. The van der Waals surface area contributed by atoms with Crippen molar-refractivity contribution in [3.8, 4) is 0 Å². The molecule has 5 nitrogen and oxygen atoms in total. The van der Waals surface area contributed by atoms with Crippen LogP contribution in [0.5, 0.6) is 0 Å². The predicted molar refractivity (Wildman–Crippen MR) is 57.9 cm³/mol. The molecule has 1 aliphatic heterocycles. The van der Waals surface area contributed by atoms with Crippen LogP contribution in [0.25, 0.3) is 4.91 Å². The van der Waals surface area contributed by atoms with Crippen molar-refractivity contribution in [2.75, 3.05) is 12.4 Å². The summed E-state index contributed by atoms with van der Waals surface area (Å²) in [4.78, 5) is 2.45. The van der Waals surface area contributed by atoms with Crippen LogP contribution in [0.1, 0.15) is 12.8 Å². The first kappa shape index (κ1) is 9.54. The zero-order chi connectivity index (χ0) is 9.97. The van der Waals surface area contributed by atoms with Gasteiger partial charge in [-0.05, 0) is 6.42 Å². The van der Waals surface area contributed by atoms with Gasteiger partial charge >= 0.3 is 0 Å². The Labute approximate surface area is 88.9 Å². The van der Waals surface area contributed by atoms with Crippen LogP contribution >= 0.6 is 22.3 Å². The first-order valence-corrected chi connectivity index (χ1v) is 5.91. The summed E-state index contributed by atoms with van der Waals surface area (Å²) in [5, 5.41) is 5.14. The molecular weight excluding hydrogens is 224 g/mol. The summed E-state index contributed by atoms with van der Waals surface area (Å²) in [7, 11) is -0.261. The van der Waals surface area contributed by atoms with Crippen LogP contribution in [0, 0.1) is 0 Å². The van der Waals surface area contributed by atoms with Crippen molar-refractivity contribution in [2.24, 2.45) is 0 Å². The van der Waals surface area contributed by atoms with Crippen molar-refractivity contribution in [2.45, 2.75) is 12.8 Å². The van der Waals surface area contributed by atoms with E-state index in [4.69, 9.17) is 22.2 Å². The summed E-state index contributed by atoms with van der Waals surface area (Å²) in [6, 6.07) is 0. The smallest absolute Gasteiger partial charge is 0.213 e. The fourth-order valence-corrected chi connectivity index (χ4v) is 2.97. The summed E-state index contributed by atoms with van der Waals surface area (Å²) < 4.78 is 8.29. The molecule has 0 aromatic carbocycles. The predicted octanol–water partition coefficient (Wildman–Crippen LogP) is 1.99. The van der Waals surface area contributed by atoms with Gasteiger partial charge in [0.25, 0.3) is 0 Å². The number of nitrogens with one attached hydrogen (secondary N) is 2. The van der Waals surface area contributed by atoms with Gasteiger partial charge in [0.15, 0.2) is 5.15 Å². The van der Waals surface area contributed by atoms with E-state index in [9.17, 15) is 0 Å². The van der Waals surface area contributed by atoms with Crippen LogP contribution in [0.4, 0.5) is 0 Å². The number of nitrogens with two attached hydrogens (primary N) is 1. The summed E-state index contributed by atoms with van der Waals surface area (Å²) >= 11 is 5.85. The van der Waals surface area contributed by atoms with Crippen LogP contribution in [-0.4, -0.2) is 21.1 Å². The average molecular weight is 236 g/mol. The Morgan fingerprint density at radius 1 is 1.64 bits per heavy atom. The Morgan fingerprint density at radius 2 is 2.50 bits per heavy atom. The summed E-state index contributed by atoms with van der Waals surface area (Å²) in [6.45, 7) is 0.794. The quantitative estimate of drug-likeness (QED) is 0.515. The molecule has 0 radical (unpaired) electrons. The van der Waals surface area contributed by atoms with Gasteiger partial charge in [0.1, 0.15) is 16.9 Å². The van der Waals surface area contributed by atoms with Crippen LogP contribution in [-0.2, 0) is 4.74 Å². The fourth-order valence-electron chi connectivity index (χ4n) is 1.24. The fraction of sp³-hybridized carbons (Fsp3) is 0.429. The number of H-pyrrole nitrogens is 2. The van der Waals surface area contributed by atoms with Gasteiger partial charge in [0.05, 0.1) is 6.61 Å². The third-order valence-corrected chi connectivity index (χ3v) is 3.88. The molecule has 1 unspecified atom stereocenters. The van der Waals surface area contributed by atoms with Gasteiger partial charge in [-0.15, -0.1) is 0 Å². The molecule has 0 fully saturated rings. The number of aromatic amines is 2. The molecule has 0 saturated carbocycles. The van der Waals surface area contributed by atoms with E-state index in [-0.39, 0.29) is 10.7 Å².